The fourth-order valence-electron chi connectivity index (χ4n) is 2.75. The minimum atomic E-state index is -0.109. The van der Waals surface area contributed by atoms with E-state index < -0.39 is 0 Å². The second-order valence-electron chi connectivity index (χ2n) is 8.98. The van der Waals surface area contributed by atoms with Crippen LogP contribution in [0.25, 0.3) is 6.08 Å². The number of hydrogen-bond acceptors (Lipinski definition) is 4. The van der Waals surface area contributed by atoms with Gasteiger partial charge in [-0.25, -0.2) is 0 Å². The molecule has 0 aliphatic carbocycles. The average Bonchev–Trinajstić information content (AvgIpc) is 2.73. The molecule has 168 valence electrons. The molecular formula is C27H36O4. The van der Waals surface area contributed by atoms with Crippen LogP contribution in [-0.4, -0.2) is 25.6 Å². The SMILES string of the molecule is CC(C)COc1ccccc1C(=O)/C=C/c1cccc(OCC(C)C)c1OCC(C)C. The van der Waals surface area contributed by atoms with Crippen LogP contribution in [0.15, 0.2) is 48.5 Å². The van der Waals surface area contributed by atoms with E-state index >= 15 is 0 Å². The van der Waals surface area contributed by atoms with Crippen molar-refractivity contribution in [1.29, 1.82) is 0 Å². The molecule has 0 saturated carbocycles. The maximum absolute atomic E-state index is 12.9. The fourth-order valence-corrected chi connectivity index (χ4v) is 2.75. The molecule has 0 bridgehead atoms. The summed E-state index contributed by atoms with van der Waals surface area (Å²) in [5.41, 5.74) is 1.37. The van der Waals surface area contributed by atoms with Crippen molar-refractivity contribution in [3.05, 3.63) is 59.7 Å². The van der Waals surface area contributed by atoms with Gasteiger partial charge in [0.1, 0.15) is 5.75 Å². The van der Waals surface area contributed by atoms with Gasteiger partial charge in [-0.15, -0.1) is 0 Å². The molecular weight excluding hydrogens is 388 g/mol. The van der Waals surface area contributed by atoms with E-state index in [4.69, 9.17) is 14.2 Å². The number of para-hydroxylation sites is 2. The number of carbonyl (C=O) groups excluding carboxylic acids is 1. The van der Waals surface area contributed by atoms with Gasteiger partial charge >= 0.3 is 0 Å². The maximum atomic E-state index is 12.9. The number of rotatable bonds is 12. The van der Waals surface area contributed by atoms with Crippen LogP contribution in [0.5, 0.6) is 17.2 Å². The molecule has 4 nitrogen and oxygen atoms in total. The van der Waals surface area contributed by atoms with Crippen LogP contribution in [0.3, 0.4) is 0 Å². The van der Waals surface area contributed by atoms with Crippen molar-refractivity contribution in [3.63, 3.8) is 0 Å². The molecule has 2 rings (SSSR count). The lowest BCUT2D eigenvalue weighted by atomic mass is 10.1. The summed E-state index contributed by atoms with van der Waals surface area (Å²) in [4.78, 5) is 12.9. The predicted octanol–water partition coefficient (Wildman–Crippen LogP) is 6.69. The minimum Gasteiger partial charge on any atom is -0.493 e. The third kappa shape index (κ3) is 8.12. The van der Waals surface area contributed by atoms with E-state index in [1.54, 1.807) is 18.2 Å². The highest BCUT2D eigenvalue weighted by Gasteiger charge is 2.14. The lowest BCUT2D eigenvalue weighted by Crippen LogP contribution is -2.10. The Morgan fingerprint density at radius 1 is 0.742 bits per heavy atom. The Balaban J connectivity index is 2.28. The van der Waals surface area contributed by atoms with Gasteiger partial charge in [0.05, 0.1) is 25.4 Å². The van der Waals surface area contributed by atoms with Gasteiger partial charge in [-0.3, -0.25) is 4.79 Å². The van der Waals surface area contributed by atoms with E-state index in [1.165, 1.54) is 0 Å². The average molecular weight is 425 g/mol. The zero-order chi connectivity index (χ0) is 22.8. The van der Waals surface area contributed by atoms with Gasteiger partial charge in [0.15, 0.2) is 17.3 Å². The van der Waals surface area contributed by atoms with Gasteiger partial charge in [-0.1, -0.05) is 65.8 Å². The van der Waals surface area contributed by atoms with E-state index in [1.807, 2.05) is 36.4 Å². The molecule has 0 unspecified atom stereocenters. The van der Waals surface area contributed by atoms with Gasteiger partial charge in [-0.05, 0) is 48.1 Å². The molecule has 31 heavy (non-hydrogen) atoms. The summed E-state index contributed by atoms with van der Waals surface area (Å²) in [6.45, 7) is 14.3. The topological polar surface area (TPSA) is 44.8 Å². The molecule has 2 aromatic carbocycles. The Morgan fingerprint density at radius 3 is 1.94 bits per heavy atom. The molecule has 0 radical (unpaired) electrons. The van der Waals surface area contributed by atoms with Crippen LogP contribution in [0, 0.1) is 17.8 Å². The smallest absolute Gasteiger partial charge is 0.189 e. The standard InChI is InChI=1S/C27H36O4/c1-19(2)16-29-25-12-8-7-11-23(25)24(28)15-14-22-10-9-13-26(30-17-20(3)4)27(22)31-18-21(5)6/h7-15,19-21H,16-18H2,1-6H3/b15-14+. The van der Waals surface area contributed by atoms with Crippen LogP contribution in [0.1, 0.15) is 57.5 Å². The molecule has 0 amide bonds. The largest absolute Gasteiger partial charge is 0.493 e. The van der Waals surface area contributed by atoms with Gasteiger partial charge in [0.25, 0.3) is 0 Å². The minimum absolute atomic E-state index is 0.109. The Labute approximate surface area is 187 Å². The summed E-state index contributed by atoms with van der Waals surface area (Å²) in [7, 11) is 0. The van der Waals surface area contributed by atoms with Gasteiger partial charge in [-0.2, -0.15) is 0 Å². The Kier molecular flexibility index (Phi) is 9.64. The molecule has 0 atom stereocenters. The Bertz CT molecular complexity index is 865. The summed E-state index contributed by atoms with van der Waals surface area (Å²) < 4.78 is 17.9. The van der Waals surface area contributed by atoms with Crippen molar-refractivity contribution in [2.45, 2.75) is 41.5 Å². The summed E-state index contributed by atoms with van der Waals surface area (Å²) in [6.07, 6.45) is 3.36. The quantitative estimate of drug-likeness (QED) is 0.281. The van der Waals surface area contributed by atoms with E-state index in [9.17, 15) is 4.79 Å². The predicted molar refractivity (Wildman–Crippen MR) is 127 cm³/mol. The fraction of sp³-hybridized carbons (Fsp3) is 0.444. The first-order valence-corrected chi connectivity index (χ1v) is 11.1. The molecule has 0 aromatic heterocycles. The second kappa shape index (κ2) is 12.2. The Hall–Kier alpha value is -2.75. The molecule has 0 fully saturated rings. The lowest BCUT2D eigenvalue weighted by Gasteiger charge is -2.17. The first-order chi connectivity index (χ1) is 14.8. The summed E-state index contributed by atoms with van der Waals surface area (Å²) >= 11 is 0. The summed E-state index contributed by atoms with van der Waals surface area (Å²) in [5.74, 6) is 3.03. The van der Waals surface area contributed by atoms with E-state index in [0.717, 1.165) is 5.56 Å². The first-order valence-electron chi connectivity index (χ1n) is 11.1. The highest BCUT2D eigenvalue weighted by molar-refractivity contribution is 6.08. The van der Waals surface area contributed by atoms with Crippen LogP contribution in [-0.2, 0) is 0 Å². The van der Waals surface area contributed by atoms with Crippen molar-refractivity contribution < 1.29 is 19.0 Å². The normalized spacial score (nSPS) is 11.5. The van der Waals surface area contributed by atoms with Crippen molar-refractivity contribution in [2.75, 3.05) is 19.8 Å². The molecule has 0 aliphatic rings. The van der Waals surface area contributed by atoms with Gasteiger partial charge < -0.3 is 14.2 Å². The van der Waals surface area contributed by atoms with E-state index in [-0.39, 0.29) is 5.78 Å². The highest BCUT2D eigenvalue weighted by atomic mass is 16.5. The molecule has 0 spiro atoms. The van der Waals surface area contributed by atoms with Crippen LogP contribution in [0.2, 0.25) is 0 Å². The van der Waals surface area contributed by atoms with E-state index in [2.05, 4.69) is 41.5 Å². The zero-order valence-corrected chi connectivity index (χ0v) is 19.7. The van der Waals surface area contributed by atoms with Crippen molar-refractivity contribution in [3.8, 4) is 17.2 Å². The number of ketones is 1. The summed E-state index contributed by atoms with van der Waals surface area (Å²) in [6, 6.07) is 13.1. The molecule has 4 heteroatoms. The third-order valence-electron chi connectivity index (χ3n) is 4.28. The number of ether oxygens (including phenoxy) is 3. The number of hydrogen-bond donors (Lipinski definition) is 0. The van der Waals surface area contributed by atoms with Crippen molar-refractivity contribution in [1.82, 2.24) is 0 Å². The number of allylic oxidation sites excluding steroid dienone is 1. The molecule has 2 aromatic rings. The number of benzene rings is 2. The van der Waals surface area contributed by atoms with Crippen LogP contribution < -0.4 is 14.2 Å². The van der Waals surface area contributed by atoms with Crippen LogP contribution >= 0.6 is 0 Å². The monoisotopic (exact) mass is 424 g/mol. The van der Waals surface area contributed by atoms with Gasteiger partial charge in [0.2, 0.25) is 0 Å². The van der Waals surface area contributed by atoms with Gasteiger partial charge in [0, 0.05) is 5.56 Å². The molecule has 0 N–H and O–H groups in total. The Morgan fingerprint density at radius 2 is 1.29 bits per heavy atom. The summed E-state index contributed by atoms with van der Waals surface area (Å²) in [5, 5.41) is 0. The second-order valence-corrected chi connectivity index (χ2v) is 8.98. The van der Waals surface area contributed by atoms with Crippen molar-refractivity contribution in [2.24, 2.45) is 17.8 Å². The first kappa shape index (κ1) is 24.5. The lowest BCUT2D eigenvalue weighted by molar-refractivity contribution is 0.104. The maximum Gasteiger partial charge on any atom is 0.189 e. The highest BCUT2D eigenvalue weighted by Crippen LogP contribution is 2.33. The zero-order valence-electron chi connectivity index (χ0n) is 19.7. The number of carbonyl (C=O) groups is 1. The van der Waals surface area contributed by atoms with Crippen molar-refractivity contribution >= 4 is 11.9 Å². The molecule has 0 aliphatic heterocycles. The molecule has 0 heterocycles. The van der Waals surface area contributed by atoms with Crippen LogP contribution in [0.4, 0.5) is 0 Å². The molecule has 0 saturated heterocycles. The van der Waals surface area contributed by atoms with E-state index in [0.29, 0.717) is 60.4 Å². The third-order valence-corrected chi connectivity index (χ3v) is 4.28.